The van der Waals surface area contributed by atoms with E-state index in [9.17, 15) is 0 Å². The second-order valence-corrected chi connectivity index (χ2v) is 16.2. The summed E-state index contributed by atoms with van der Waals surface area (Å²) in [5, 5.41) is 0. The first kappa shape index (κ1) is 16.1. The molecule has 0 bridgehead atoms. The van der Waals surface area contributed by atoms with Gasteiger partial charge in [0.1, 0.15) is 0 Å². The summed E-state index contributed by atoms with van der Waals surface area (Å²) in [6.07, 6.45) is 8.51. The Morgan fingerprint density at radius 3 is 2.17 bits per heavy atom. The monoisotopic (exact) mass is 286 g/mol. The van der Waals surface area contributed by atoms with E-state index in [0.29, 0.717) is 12.0 Å². The molecule has 2 atom stereocenters. The van der Waals surface area contributed by atoms with E-state index >= 15 is 0 Å². The molecule has 0 aromatic rings. The Hall–Kier alpha value is 0.0938. The van der Waals surface area contributed by atoms with E-state index in [1.165, 1.54) is 12.8 Å². The van der Waals surface area contributed by atoms with Crippen LogP contribution in [0.5, 0.6) is 0 Å². The molecule has 2 nitrogen and oxygen atoms in total. The third-order valence-electron chi connectivity index (χ3n) is 3.02. The van der Waals surface area contributed by atoms with Crippen molar-refractivity contribution in [1.82, 2.24) is 0 Å². The first-order chi connectivity index (χ1) is 8.17. The van der Waals surface area contributed by atoms with E-state index in [1.807, 2.05) is 0 Å². The lowest BCUT2D eigenvalue weighted by molar-refractivity contribution is 0.0649. The SMILES string of the molecule is C[Si](C)(C)OCC(O[Si](C)(C)C)C1CC=CCC1. The Balaban J connectivity index is 2.59. The highest BCUT2D eigenvalue weighted by Gasteiger charge is 2.29. The summed E-state index contributed by atoms with van der Waals surface area (Å²) in [5.74, 6) is 0.651. The molecule has 0 aromatic heterocycles. The van der Waals surface area contributed by atoms with Crippen LogP contribution in [0.25, 0.3) is 0 Å². The average molecular weight is 287 g/mol. The number of allylic oxidation sites excluding steroid dienone is 2. The lowest BCUT2D eigenvalue weighted by Crippen LogP contribution is -2.42. The zero-order valence-corrected chi connectivity index (χ0v) is 15.0. The number of rotatable bonds is 6. The molecule has 0 heterocycles. The van der Waals surface area contributed by atoms with Gasteiger partial charge in [-0.05, 0) is 64.5 Å². The normalized spacial score (nSPS) is 23.1. The van der Waals surface area contributed by atoms with Crippen LogP contribution in [0, 0.1) is 5.92 Å². The van der Waals surface area contributed by atoms with Crippen LogP contribution in [0.2, 0.25) is 39.3 Å². The number of hydrogen-bond donors (Lipinski definition) is 0. The molecule has 106 valence electrons. The summed E-state index contributed by atoms with van der Waals surface area (Å²) in [7, 11) is -2.93. The van der Waals surface area contributed by atoms with E-state index in [2.05, 4.69) is 51.4 Å². The molecule has 0 spiro atoms. The molecule has 0 aromatic carbocycles. The van der Waals surface area contributed by atoms with Crippen LogP contribution in [0.1, 0.15) is 19.3 Å². The fourth-order valence-corrected chi connectivity index (χ4v) is 4.04. The summed E-state index contributed by atoms with van der Waals surface area (Å²) in [5.41, 5.74) is 0. The molecule has 0 saturated carbocycles. The molecule has 0 saturated heterocycles. The molecule has 1 rings (SSSR count). The van der Waals surface area contributed by atoms with Gasteiger partial charge in [-0.2, -0.15) is 0 Å². The molecular formula is C14H30O2Si2. The first-order valence-corrected chi connectivity index (χ1v) is 14.0. The van der Waals surface area contributed by atoms with E-state index in [0.717, 1.165) is 13.0 Å². The quantitative estimate of drug-likeness (QED) is 0.532. The average Bonchev–Trinajstić information content (AvgIpc) is 2.23. The fourth-order valence-electron chi connectivity index (χ4n) is 2.21. The summed E-state index contributed by atoms with van der Waals surface area (Å²) in [6.45, 7) is 14.4. The van der Waals surface area contributed by atoms with Crippen molar-refractivity contribution < 1.29 is 8.85 Å². The van der Waals surface area contributed by atoms with Gasteiger partial charge in [-0.3, -0.25) is 0 Å². The summed E-state index contributed by atoms with van der Waals surface area (Å²) in [6, 6.07) is 0. The predicted molar refractivity (Wildman–Crippen MR) is 84.0 cm³/mol. The van der Waals surface area contributed by atoms with E-state index in [1.54, 1.807) is 0 Å². The van der Waals surface area contributed by atoms with Gasteiger partial charge in [0.15, 0.2) is 16.6 Å². The van der Waals surface area contributed by atoms with Gasteiger partial charge in [0.25, 0.3) is 0 Å². The molecule has 0 fully saturated rings. The topological polar surface area (TPSA) is 18.5 Å². The van der Waals surface area contributed by atoms with Crippen LogP contribution in [-0.2, 0) is 8.85 Å². The van der Waals surface area contributed by atoms with E-state index in [-0.39, 0.29) is 0 Å². The van der Waals surface area contributed by atoms with Gasteiger partial charge in [-0.1, -0.05) is 12.2 Å². The van der Waals surface area contributed by atoms with Crippen LogP contribution in [-0.4, -0.2) is 29.3 Å². The van der Waals surface area contributed by atoms with Crippen molar-refractivity contribution in [1.29, 1.82) is 0 Å². The van der Waals surface area contributed by atoms with Crippen molar-refractivity contribution in [2.24, 2.45) is 5.92 Å². The smallest absolute Gasteiger partial charge is 0.184 e. The largest absolute Gasteiger partial charge is 0.415 e. The Kier molecular flexibility index (Phi) is 5.83. The van der Waals surface area contributed by atoms with Gasteiger partial charge in [-0.25, -0.2) is 0 Å². The second kappa shape index (κ2) is 6.50. The van der Waals surface area contributed by atoms with Crippen LogP contribution >= 0.6 is 0 Å². The van der Waals surface area contributed by atoms with Crippen molar-refractivity contribution in [3.8, 4) is 0 Å². The highest BCUT2D eigenvalue weighted by atomic mass is 28.4. The summed E-state index contributed by atoms with van der Waals surface area (Å²) < 4.78 is 12.5. The molecule has 4 heteroatoms. The standard InChI is InChI=1S/C14H30O2Si2/c1-17(2,3)15-12-14(16-18(4,5)6)13-10-8-7-9-11-13/h7-8,13-14H,9-12H2,1-6H3. The van der Waals surface area contributed by atoms with Gasteiger partial charge in [0, 0.05) is 0 Å². The molecule has 0 amide bonds. The predicted octanol–water partition coefficient (Wildman–Crippen LogP) is 4.41. The van der Waals surface area contributed by atoms with E-state index in [4.69, 9.17) is 8.85 Å². The zero-order valence-electron chi connectivity index (χ0n) is 13.0. The molecule has 1 aliphatic rings. The van der Waals surface area contributed by atoms with Crippen molar-refractivity contribution in [3.05, 3.63) is 12.2 Å². The van der Waals surface area contributed by atoms with Crippen LogP contribution < -0.4 is 0 Å². The maximum Gasteiger partial charge on any atom is 0.184 e. The molecule has 2 unspecified atom stereocenters. The maximum atomic E-state index is 6.37. The minimum atomic E-state index is -1.49. The van der Waals surface area contributed by atoms with Gasteiger partial charge < -0.3 is 8.85 Å². The summed E-state index contributed by atoms with van der Waals surface area (Å²) in [4.78, 5) is 0. The van der Waals surface area contributed by atoms with Crippen molar-refractivity contribution >= 4 is 16.6 Å². The van der Waals surface area contributed by atoms with Gasteiger partial charge in [-0.15, -0.1) is 0 Å². The Morgan fingerprint density at radius 2 is 1.72 bits per heavy atom. The van der Waals surface area contributed by atoms with Crippen molar-refractivity contribution in [2.45, 2.75) is 64.6 Å². The molecular weight excluding hydrogens is 256 g/mol. The zero-order chi connectivity index (χ0) is 13.8. The molecule has 0 N–H and O–H groups in total. The third kappa shape index (κ3) is 6.87. The van der Waals surface area contributed by atoms with E-state index < -0.39 is 16.6 Å². The van der Waals surface area contributed by atoms with Crippen LogP contribution in [0.15, 0.2) is 12.2 Å². The second-order valence-electron chi connectivity index (χ2n) is 7.24. The lowest BCUT2D eigenvalue weighted by atomic mass is 9.90. The molecule has 1 aliphatic carbocycles. The van der Waals surface area contributed by atoms with Crippen molar-refractivity contribution in [3.63, 3.8) is 0 Å². The first-order valence-electron chi connectivity index (χ1n) is 7.14. The number of hydrogen-bond acceptors (Lipinski definition) is 2. The molecule has 18 heavy (non-hydrogen) atoms. The molecule has 0 radical (unpaired) electrons. The summed E-state index contributed by atoms with van der Waals surface area (Å²) >= 11 is 0. The van der Waals surface area contributed by atoms with Gasteiger partial charge in [0.05, 0.1) is 12.7 Å². The Bertz CT molecular complexity index is 276. The molecule has 0 aliphatic heterocycles. The van der Waals surface area contributed by atoms with Crippen LogP contribution in [0.3, 0.4) is 0 Å². The maximum absolute atomic E-state index is 6.37. The highest BCUT2D eigenvalue weighted by Crippen LogP contribution is 2.27. The van der Waals surface area contributed by atoms with Gasteiger partial charge in [0.2, 0.25) is 0 Å². The van der Waals surface area contributed by atoms with Crippen LogP contribution in [0.4, 0.5) is 0 Å². The minimum Gasteiger partial charge on any atom is -0.415 e. The Morgan fingerprint density at radius 1 is 1.06 bits per heavy atom. The lowest BCUT2D eigenvalue weighted by Gasteiger charge is -2.35. The van der Waals surface area contributed by atoms with Gasteiger partial charge >= 0.3 is 0 Å². The fraction of sp³-hybridized carbons (Fsp3) is 0.857. The van der Waals surface area contributed by atoms with Crippen molar-refractivity contribution in [2.75, 3.05) is 6.61 Å². The third-order valence-corrected chi connectivity index (χ3v) is 5.06. The highest BCUT2D eigenvalue weighted by molar-refractivity contribution is 6.70. The Labute approximate surface area is 115 Å². The minimum absolute atomic E-state index is 0.299.